The SMILES string of the molecule is O=C1N[C@H](c2ccccc2)[C@H](c2cnccn2)O1. The van der Waals surface area contributed by atoms with Gasteiger partial charge >= 0.3 is 6.09 Å². The van der Waals surface area contributed by atoms with Crippen molar-refractivity contribution < 1.29 is 9.53 Å². The van der Waals surface area contributed by atoms with Gasteiger partial charge in [-0.3, -0.25) is 9.97 Å². The van der Waals surface area contributed by atoms with Crippen LogP contribution in [0.5, 0.6) is 0 Å². The third-order valence-corrected chi connectivity index (χ3v) is 2.84. The van der Waals surface area contributed by atoms with Crippen LogP contribution in [0.2, 0.25) is 0 Å². The number of nitrogens with one attached hydrogen (secondary N) is 1. The first kappa shape index (κ1) is 10.7. The second-order valence-electron chi connectivity index (χ2n) is 3.99. The van der Waals surface area contributed by atoms with Crippen molar-refractivity contribution in [1.29, 1.82) is 0 Å². The van der Waals surface area contributed by atoms with Crippen LogP contribution in [-0.4, -0.2) is 16.1 Å². The molecule has 3 rings (SSSR count). The number of carbonyl (C=O) groups is 1. The van der Waals surface area contributed by atoms with Gasteiger partial charge in [-0.15, -0.1) is 0 Å². The fraction of sp³-hybridized carbons (Fsp3) is 0.154. The summed E-state index contributed by atoms with van der Waals surface area (Å²) in [5, 5.41) is 2.79. The predicted molar refractivity (Wildman–Crippen MR) is 63.6 cm³/mol. The van der Waals surface area contributed by atoms with E-state index in [1.165, 1.54) is 0 Å². The molecule has 5 heteroatoms. The molecule has 2 atom stereocenters. The smallest absolute Gasteiger partial charge is 0.408 e. The second kappa shape index (κ2) is 4.44. The first-order chi connectivity index (χ1) is 8.84. The lowest BCUT2D eigenvalue weighted by Crippen LogP contribution is -2.19. The van der Waals surface area contributed by atoms with E-state index in [2.05, 4.69) is 15.3 Å². The van der Waals surface area contributed by atoms with Gasteiger partial charge in [0.25, 0.3) is 0 Å². The van der Waals surface area contributed by atoms with E-state index in [4.69, 9.17) is 4.74 Å². The highest BCUT2D eigenvalue weighted by molar-refractivity contribution is 5.71. The molecule has 18 heavy (non-hydrogen) atoms. The van der Waals surface area contributed by atoms with Gasteiger partial charge in [0.15, 0.2) is 6.10 Å². The van der Waals surface area contributed by atoms with Gasteiger partial charge in [-0.25, -0.2) is 4.79 Å². The van der Waals surface area contributed by atoms with E-state index in [0.29, 0.717) is 5.69 Å². The van der Waals surface area contributed by atoms with E-state index in [1.807, 2.05) is 30.3 Å². The molecule has 2 aromatic rings. The molecule has 0 aliphatic carbocycles. The maximum Gasteiger partial charge on any atom is 0.408 e. The van der Waals surface area contributed by atoms with Crippen LogP contribution in [0, 0.1) is 0 Å². The molecule has 5 nitrogen and oxygen atoms in total. The molecule has 1 aromatic heterocycles. The normalized spacial score (nSPS) is 22.3. The zero-order chi connectivity index (χ0) is 12.4. The van der Waals surface area contributed by atoms with Crippen molar-refractivity contribution in [3.8, 4) is 0 Å². The molecule has 0 unspecified atom stereocenters. The highest BCUT2D eigenvalue weighted by atomic mass is 16.6. The highest BCUT2D eigenvalue weighted by Crippen LogP contribution is 2.34. The van der Waals surface area contributed by atoms with Crippen molar-refractivity contribution in [2.75, 3.05) is 0 Å². The maximum absolute atomic E-state index is 11.4. The van der Waals surface area contributed by atoms with Crippen LogP contribution in [0.25, 0.3) is 0 Å². The molecule has 1 amide bonds. The number of nitrogens with zero attached hydrogens (tertiary/aromatic N) is 2. The fourth-order valence-corrected chi connectivity index (χ4v) is 2.03. The summed E-state index contributed by atoms with van der Waals surface area (Å²) in [5.74, 6) is 0. The molecular formula is C13H11N3O2. The van der Waals surface area contributed by atoms with Crippen molar-refractivity contribution >= 4 is 6.09 Å². The molecule has 2 heterocycles. The average Bonchev–Trinajstić information content (AvgIpc) is 2.83. The Bertz CT molecular complexity index is 495. The minimum Gasteiger partial charge on any atom is -0.437 e. The molecule has 90 valence electrons. The summed E-state index contributed by atoms with van der Waals surface area (Å²) in [6.07, 6.45) is 3.92. The van der Waals surface area contributed by atoms with Gasteiger partial charge in [0.1, 0.15) is 11.7 Å². The van der Waals surface area contributed by atoms with Crippen LogP contribution in [0.3, 0.4) is 0 Å². The molecule has 1 N–H and O–H groups in total. The third kappa shape index (κ3) is 1.90. The molecule has 1 aliphatic rings. The van der Waals surface area contributed by atoms with E-state index in [-0.39, 0.29) is 6.04 Å². The highest BCUT2D eigenvalue weighted by Gasteiger charge is 2.37. The Hall–Kier alpha value is -2.43. The van der Waals surface area contributed by atoms with Crippen molar-refractivity contribution in [3.05, 3.63) is 60.2 Å². The minimum atomic E-state index is -0.436. The van der Waals surface area contributed by atoms with E-state index < -0.39 is 12.2 Å². The first-order valence-corrected chi connectivity index (χ1v) is 5.62. The van der Waals surface area contributed by atoms with E-state index in [1.54, 1.807) is 18.6 Å². The van der Waals surface area contributed by atoms with Gasteiger partial charge in [-0.2, -0.15) is 0 Å². The van der Waals surface area contributed by atoms with Crippen molar-refractivity contribution in [1.82, 2.24) is 15.3 Å². The summed E-state index contributed by atoms with van der Waals surface area (Å²) >= 11 is 0. The minimum absolute atomic E-state index is 0.226. The van der Waals surface area contributed by atoms with E-state index >= 15 is 0 Å². The lowest BCUT2D eigenvalue weighted by molar-refractivity contribution is 0.129. The molecule has 0 bridgehead atoms. The number of cyclic esters (lactones) is 1. The monoisotopic (exact) mass is 241 g/mol. The van der Waals surface area contributed by atoms with E-state index in [0.717, 1.165) is 5.56 Å². The molecule has 1 saturated heterocycles. The summed E-state index contributed by atoms with van der Waals surface area (Å²) in [4.78, 5) is 19.6. The van der Waals surface area contributed by atoms with Crippen LogP contribution >= 0.6 is 0 Å². The lowest BCUT2D eigenvalue weighted by atomic mass is 10.0. The Morgan fingerprint density at radius 3 is 2.72 bits per heavy atom. The Morgan fingerprint density at radius 1 is 1.17 bits per heavy atom. The number of rotatable bonds is 2. The van der Waals surface area contributed by atoms with Crippen LogP contribution in [0.1, 0.15) is 23.4 Å². The van der Waals surface area contributed by atoms with Gasteiger partial charge in [-0.1, -0.05) is 30.3 Å². The molecule has 1 aromatic carbocycles. The third-order valence-electron chi connectivity index (χ3n) is 2.84. The summed E-state index contributed by atoms with van der Waals surface area (Å²) < 4.78 is 5.26. The van der Waals surface area contributed by atoms with Gasteiger partial charge in [-0.05, 0) is 5.56 Å². The number of hydrogen-bond donors (Lipinski definition) is 1. The number of amides is 1. The standard InChI is InChI=1S/C13H11N3O2/c17-13-16-11(9-4-2-1-3-5-9)12(18-13)10-8-14-6-7-15-10/h1-8,11-12H,(H,16,17)/t11-,12+/m1/s1. The van der Waals surface area contributed by atoms with Gasteiger partial charge in [0.05, 0.1) is 6.20 Å². The average molecular weight is 241 g/mol. The number of benzene rings is 1. The Morgan fingerprint density at radius 2 is 2.00 bits per heavy atom. The van der Waals surface area contributed by atoms with Crippen LogP contribution < -0.4 is 5.32 Å². The summed E-state index contributed by atoms with van der Waals surface area (Å²) in [6.45, 7) is 0. The van der Waals surface area contributed by atoms with E-state index in [9.17, 15) is 4.79 Å². The zero-order valence-corrected chi connectivity index (χ0v) is 9.48. The van der Waals surface area contributed by atoms with Crippen LogP contribution in [0.4, 0.5) is 4.79 Å². The van der Waals surface area contributed by atoms with Crippen molar-refractivity contribution in [3.63, 3.8) is 0 Å². The lowest BCUT2D eigenvalue weighted by Gasteiger charge is -2.16. The van der Waals surface area contributed by atoms with Crippen LogP contribution in [-0.2, 0) is 4.74 Å². The van der Waals surface area contributed by atoms with Gasteiger partial charge in [0, 0.05) is 12.4 Å². The summed E-state index contributed by atoms with van der Waals surface area (Å²) in [6, 6.07) is 9.45. The topological polar surface area (TPSA) is 64.1 Å². The second-order valence-corrected chi connectivity index (χ2v) is 3.99. The molecule has 1 fully saturated rings. The molecule has 1 aliphatic heterocycles. The van der Waals surface area contributed by atoms with Gasteiger partial charge < -0.3 is 10.1 Å². The summed E-state index contributed by atoms with van der Waals surface area (Å²) in [7, 11) is 0. The quantitative estimate of drug-likeness (QED) is 0.873. The van der Waals surface area contributed by atoms with Gasteiger partial charge in [0.2, 0.25) is 0 Å². The number of aromatic nitrogens is 2. The summed E-state index contributed by atoms with van der Waals surface area (Å²) in [5.41, 5.74) is 1.63. The number of ether oxygens (including phenoxy) is 1. The Kier molecular flexibility index (Phi) is 2.64. The fourth-order valence-electron chi connectivity index (χ4n) is 2.03. The largest absolute Gasteiger partial charge is 0.437 e. The number of hydrogen-bond acceptors (Lipinski definition) is 4. The van der Waals surface area contributed by atoms with Crippen molar-refractivity contribution in [2.24, 2.45) is 0 Å². The number of carbonyl (C=O) groups excluding carboxylic acids is 1. The molecule has 0 spiro atoms. The molecule has 0 saturated carbocycles. The molecular weight excluding hydrogens is 230 g/mol. The predicted octanol–water partition coefficient (Wildman–Crippen LogP) is 2.00. The van der Waals surface area contributed by atoms with Crippen LogP contribution in [0.15, 0.2) is 48.9 Å². The van der Waals surface area contributed by atoms with Crippen molar-refractivity contribution in [2.45, 2.75) is 12.1 Å². The molecule has 0 radical (unpaired) electrons. The number of alkyl carbamates (subject to hydrolysis) is 1. The Balaban J connectivity index is 1.96. The zero-order valence-electron chi connectivity index (χ0n) is 9.48. The first-order valence-electron chi connectivity index (χ1n) is 5.62. The maximum atomic E-state index is 11.4. The Labute approximate surface area is 104 Å².